The number of carboxylic acids is 2. The molecule has 1 aliphatic carbocycles. The van der Waals surface area contributed by atoms with Crippen LogP contribution in [0.1, 0.15) is 23.0 Å². The first-order valence-corrected chi connectivity index (χ1v) is 7.45. The van der Waals surface area contributed by atoms with Crippen molar-refractivity contribution in [3.05, 3.63) is 59.7 Å². The lowest BCUT2D eigenvalue weighted by Crippen LogP contribution is -2.50. The lowest BCUT2D eigenvalue weighted by molar-refractivity contribution is -0.160. The van der Waals surface area contributed by atoms with Crippen LogP contribution < -0.4 is 0 Å². The van der Waals surface area contributed by atoms with Crippen molar-refractivity contribution < 1.29 is 30.0 Å². The first-order valence-electron chi connectivity index (χ1n) is 7.45. The maximum atomic E-state index is 11.8. The fraction of sp³-hybridized carbons (Fsp3) is 0.222. The molecule has 24 heavy (non-hydrogen) atoms. The Morgan fingerprint density at radius 1 is 0.667 bits per heavy atom. The van der Waals surface area contributed by atoms with Crippen LogP contribution in [0.15, 0.2) is 48.5 Å². The number of benzene rings is 2. The summed E-state index contributed by atoms with van der Waals surface area (Å²) in [6.07, 6.45) is 0. The second-order valence-electron chi connectivity index (χ2n) is 5.90. The third kappa shape index (κ3) is 2.36. The largest absolute Gasteiger partial charge is 0.508 e. The molecule has 0 heterocycles. The van der Waals surface area contributed by atoms with Gasteiger partial charge in [0.1, 0.15) is 11.5 Å². The number of para-hydroxylation sites is 2. The van der Waals surface area contributed by atoms with Gasteiger partial charge in [-0.25, -0.2) is 0 Å². The van der Waals surface area contributed by atoms with Crippen LogP contribution in [-0.4, -0.2) is 32.4 Å². The maximum absolute atomic E-state index is 11.8. The number of carboxylic acid groups (broad SMARTS) is 2. The molecule has 0 amide bonds. The Labute approximate surface area is 137 Å². The minimum absolute atomic E-state index is 0.129. The highest BCUT2D eigenvalue weighted by atomic mass is 16.4. The molecule has 0 radical (unpaired) electrons. The van der Waals surface area contributed by atoms with E-state index >= 15 is 0 Å². The summed E-state index contributed by atoms with van der Waals surface area (Å²) in [7, 11) is 0. The highest BCUT2D eigenvalue weighted by Crippen LogP contribution is 2.60. The summed E-state index contributed by atoms with van der Waals surface area (Å²) in [5, 5.41) is 39.3. The molecule has 4 N–H and O–H groups in total. The molecular weight excluding hydrogens is 312 g/mol. The van der Waals surface area contributed by atoms with Gasteiger partial charge in [-0.2, -0.15) is 0 Å². The molecule has 0 atom stereocenters. The lowest BCUT2D eigenvalue weighted by atomic mass is 9.52. The molecular formula is C18H16O6. The van der Waals surface area contributed by atoms with Crippen LogP contribution >= 0.6 is 0 Å². The molecule has 0 saturated heterocycles. The number of hydrogen-bond acceptors (Lipinski definition) is 4. The smallest absolute Gasteiger partial charge is 0.307 e. The molecule has 0 unspecified atom stereocenters. The minimum atomic E-state index is -1.16. The molecule has 6 nitrogen and oxygen atoms in total. The third-order valence-electron chi connectivity index (χ3n) is 4.71. The summed E-state index contributed by atoms with van der Waals surface area (Å²) in [6.45, 7) is 0. The second-order valence-corrected chi connectivity index (χ2v) is 5.90. The van der Waals surface area contributed by atoms with Crippen molar-refractivity contribution in [1.29, 1.82) is 0 Å². The summed E-state index contributed by atoms with van der Waals surface area (Å²) >= 11 is 0. The van der Waals surface area contributed by atoms with Crippen LogP contribution in [-0.2, 0) is 9.59 Å². The van der Waals surface area contributed by atoms with E-state index in [1.54, 1.807) is 24.3 Å². The van der Waals surface area contributed by atoms with E-state index < -0.39 is 35.6 Å². The van der Waals surface area contributed by atoms with Crippen LogP contribution in [0.4, 0.5) is 0 Å². The number of aromatic hydroxyl groups is 2. The molecule has 2 aromatic rings. The van der Waals surface area contributed by atoms with E-state index in [1.165, 1.54) is 24.3 Å². The molecule has 1 saturated carbocycles. The van der Waals surface area contributed by atoms with Gasteiger partial charge in [0, 0.05) is 11.8 Å². The maximum Gasteiger partial charge on any atom is 0.307 e. The van der Waals surface area contributed by atoms with Gasteiger partial charge in [0.2, 0.25) is 0 Å². The Morgan fingerprint density at radius 3 is 1.29 bits per heavy atom. The fourth-order valence-corrected chi connectivity index (χ4v) is 3.68. The summed E-state index contributed by atoms with van der Waals surface area (Å²) in [4.78, 5) is 23.6. The first-order chi connectivity index (χ1) is 11.4. The van der Waals surface area contributed by atoms with E-state index in [0.29, 0.717) is 11.1 Å². The minimum Gasteiger partial charge on any atom is -0.508 e. The summed E-state index contributed by atoms with van der Waals surface area (Å²) in [5.74, 6) is -6.41. The van der Waals surface area contributed by atoms with Crippen molar-refractivity contribution in [2.45, 2.75) is 11.8 Å². The van der Waals surface area contributed by atoms with Crippen LogP contribution in [0, 0.1) is 11.8 Å². The number of phenols is 2. The predicted octanol–water partition coefficient (Wildman–Crippen LogP) is 2.38. The summed E-state index contributed by atoms with van der Waals surface area (Å²) in [5.41, 5.74) is 0.591. The number of aliphatic carboxylic acids is 2. The Morgan fingerprint density at radius 2 is 1.00 bits per heavy atom. The van der Waals surface area contributed by atoms with Gasteiger partial charge in [0.05, 0.1) is 11.8 Å². The first kappa shape index (κ1) is 15.9. The average molecular weight is 328 g/mol. The molecule has 0 spiro atoms. The predicted molar refractivity (Wildman–Crippen MR) is 83.9 cm³/mol. The van der Waals surface area contributed by atoms with Gasteiger partial charge in [0.25, 0.3) is 0 Å². The number of carbonyl (C=O) groups is 2. The molecule has 0 aromatic heterocycles. The van der Waals surface area contributed by atoms with Gasteiger partial charge in [-0.3, -0.25) is 9.59 Å². The normalized spacial score (nSPS) is 25.7. The average Bonchev–Trinajstić information content (AvgIpc) is 2.49. The third-order valence-corrected chi connectivity index (χ3v) is 4.71. The standard InChI is InChI=1S/C18H16O6/c19-11-7-3-1-5-9(11)13-15(17(21)22)14(16(13)18(23)24)10-6-2-4-8-12(10)20/h1-8,13-16,19-20H,(H,21,22)(H,23,24). The highest BCUT2D eigenvalue weighted by molar-refractivity contribution is 5.84. The van der Waals surface area contributed by atoms with Crippen LogP contribution in [0.5, 0.6) is 11.5 Å². The van der Waals surface area contributed by atoms with E-state index in [2.05, 4.69) is 0 Å². The van der Waals surface area contributed by atoms with E-state index in [4.69, 9.17) is 0 Å². The van der Waals surface area contributed by atoms with Crippen molar-refractivity contribution in [1.82, 2.24) is 0 Å². The number of rotatable bonds is 4. The van der Waals surface area contributed by atoms with Crippen LogP contribution in [0.3, 0.4) is 0 Å². The highest BCUT2D eigenvalue weighted by Gasteiger charge is 2.59. The Hall–Kier alpha value is -3.02. The van der Waals surface area contributed by atoms with Crippen molar-refractivity contribution in [3.8, 4) is 11.5 Å². The number of phenolic OH excluding ortho intramolecular Hbond substituents is 2. The Bertz CT molecular complexity index is 724. The van der Waals surface area contributed by atoms with Gasteiger partial charge in [-0.1, -0.05) is 36.4 Å². The van der Waals surface area contributed by atoms with Gasteiger partial charge < -0.3 is 20.4 Å². The zero-order valence-corrected chi connectivity index (χ0v) is 12.5. The van der Waals surface area contributed by atoms with Crippen molar-refractivity contribution in [3.63, 3.8) is 0 Å². The number of hydrogen-bond donors (Lipinski definition) is 4. The molecule has 2 aromatic carbocycles. The molecule has 3 rings (SSSR count). The zero-order chi connectivity index (χ0) is 17.4. The van der Waals surface area contributed by atoms with E-state index in [9.17, 15) is 30.0 Å². The SMILES string of the molecule is O=C(O)C1C(c2ccccc2O)C(C(=O)O)C1c1ccccc1O. The topological polar surface area (TPSA) is 115 Å². The van der Waals surface area contributed by atoms with Crippen molar-refractivity contribution in [2.75, 3.05) is 0 Å². The van der Waals surface area contributed by atoms with E-state index in [0.717, 1.165) is 0 Å². The van der Waals surface area contributed by atoms with Gasteiger partial charge in [-0.15, -0.1) is 0 Å². The monoisotopic (exact) mass is 328 g/mol. The van der Waals surface area contributed by atoms with E-state index in [-0.39, 0.29) is 11.5 Å². The van der Waals surface area contributed by atoms with E-state index in [1.807, 2.05) is 0 Å². The molecule has 6 heteroatoms. The summed E-state index contributed by atoms with van der Waals surface area (Å²) < 4.78 is 0. The zero-order valence-electron chi connectivity index (χ0n) is 12.5. The van der Waals surface area contributed by atoms with Gasteiger partial charge in [-0.05, 0) is 23.3 Å². The molecule has 1 aliphatic rings. The van der Waals surface area contributed by atoms with Crippen LogP contribution in [0.25, 0.3) is 0 Å². The second kappa shape index (κ2) is 5.88. The fourth-order valence-electron chi connectivity index (χ4n) is 3.68. The lowest BCUT2D eigenvalue weighted by Gasteiger charge is -2.48. The van der Waals surface area contributed by atoms with Crippen molar-refractivity contribution >= 4 is 11.9 Å². The molecule has 124 valence electrons. The Balaban J connectivity index is 2.11. The van der Waals surface area contributed by atoms with Crippen molar-refractivity contribution in [2.24, 2.45) is 11.8 Å². The van der Waals surface area contributed by atoms with Gasteiger partial charge in [0.15, 0.2) is 0 Å². The van der Waals surface area contributed by atoms with Crippen LogP contribution in [0.2, 0.25) is 0 Å². The summed E-state index contributed by atoms with van der Waals surface area (Å²) in [6, 6.07) is 12.3. The molecule has 0 bridgehead atoms. The Kier molecular flexibility index (Phi) is 3.89. The quantitative estimate of drug-likeness (QED) is 0.685. The molecule has 0 aliphatic heterocycles. The molecule has 1 fully saturated rings. The van der Waals surface area contributed by atoms with Gasteiger partial charge >= 0.3 is 11.9 Å².